The van der Waals surface area contributed by atoms with Crippen molar-refractivity contribution < 1.29 is 19.7 Å². The number of benzene rings is 2. The molecule has 3 nitrogen and oxygen atoms in total. The van der Waals surface area contributed by atoms with E-state index < -0.39 is 47.7 Å². The van der Waals surface area contributed by atoms with Crippen LogP contribution in [0.3, 0.4) is 0 Å². The molecule has 0 unspecified atom stereocenters. The Kier molecular flexibility index (Phi) is 5.65. The van der Waals surface area contributed by atoms with E-state index in [1.807, 2.05) is 0 Å². The number of hydrogen-bond donors (Lipinski definition) is 0. The van der Waals surface area contributed by atoms with Crippen LogP contribution in [0, 0.1) is 18.8 Å². The topological polar surface area (TPSA) is 43.4 Å². The van der Waals surface area contributed by atoms with Crippen LogP contribution in [-0.4, -0.2) is 14.2 Å². The van der Waals surface area contributed by atoms with Crippen LogP contribution in [0.5, 0.6) is 0 Å². The molecule has 0 aliphatic rings. The molecule has 0 heterocycles. The molecular formula is C15H13F2IO3S. The van der Waals surface area contributed by atoms with Gasteiger partial charge in [-0.3, -0.25) is 0 Å². The third kappa shape index (κ3) is 4.11. The first-order valence-electron chi connectivity index (χ1n) is 6.17. The van der Waals surface area contributed by atoms with Crippen LogP contribution in [0.1, 0.15) is 0 Å². The Bertz CT molecular complexity index is 732. The molecule has 0 saturated carbocycles. The Morgan fingerprint density at radius 1 is 1.00 bits per heavy atom. The summed E-state index contributed by atoms with van der Waals surface area (Å²) in [5.41, 5.74) is 0. The van der Waals surface area contributed by atoms with E-state index in [4.69, 9.17) is 2.51 Å². The predicted octanol–water partition coefficient (Wildman–Crippen LogP) is 3.96. The van der Waals surface area contributed by atoms with Crippen LogP contribution < -0.4 is 0 Å². The summed E-state index contributed by atoms with van der Waals surface area (Å²) in [7, 11) is -3.94. The summed E-state index contributed by atoms with van der Waals surface area (Å²) in [5.74, 6) is -1.63. The van der Waals surface area contributed by atoms with Crippen molar-refractivity contribution in [1.82, 2.24) is 0 Å². The molecular weight excluding hydrogens is 425 g/mol. The molecule has 0 bridgehead atoms. The predicted molar refractivity (Wildman–Crippen MR) is 89.3 cm³/mol. The van der Waals surface area contributed by atoms with E-state index in [-0.39, 0.29) is 7.14 Å². The molecule has 0 aromatic heterocycles. The number of halogens is 3. The molecule has 2 rings (SSSR count). The van der Waals surface area contributed by atoms with Crippen molar-refractivity contribution in [1.29, 1.82) is 0 Å². The summed E-state index contributed by atoms with van der Waals surface area (Å²) >= 11 is -3.29. The van der Waals surface area contributed by atoms with Gasteiger partial charge in [0.2, 0.25) is 0 Å². The molecule has 0 N–H and O–H groups in total. The summed E-state index contributed by atoms with van der Waals surface area (Å²) < 4.78 is 57.3. The van der Waals surface area contributed by atoms with Crippen molar-refractivity contribution in [3.8, 4) is 0 Å². The van der Waals surface area contributed by atoms with Crippen molar-refractivity contribution in [3.05, 3.63) is 80.0 Å². The molecule has 0 spiro atoms. The summed E-state index contributed by atoms with van der Waals surface area (Å²) in [6, 6.07) is 11.3. The van der Waals surface area contributed by atoms with Gasteiger partial charge < -0.3 is 0 Å². The molecule has 22 heavy (non-hydrogen) atoms. The van der Waals surface area contributed by atoms with Gasteiger partial charge in [-0.15, -0.1) is 0 Å². The molecule has 2 aromatic rings. The standard InChI is InChI=1S/C15H13F2IO3S/c1-2-11-22(19,20)21-18(14-9-5-3-7-12(14)16)15-10-6-4-8-13(15)17/h2-10H,1,11H2. The third-order valence-electron chi connectivity index (χ3n) is 2.50. The van der Waals surface area contributed by atoms with Gasteiger partial charge in [-0.25, -0.2) is 0 Å². The Morgan fingerprint density at radius 2 is 1.45 bits per heavy atom. The fourth-order valence-electron chi connectivity index (χ4n) is 1.60. The quantitative estimate of drug-likeness (QED) is 0.507. The summed E-state index contributed by atoms with van der Waals surface area (Å²) in [6.07, 6.45) is 1.17. The summed E-state index contributed by atoms with van der Waals surface area (Å²) in [5, 5.41) is 0. The Morgan fingerprint density at radius 3 is 1.86 bits per heavy atom. The number of rotatable bonds is 6. The van der Waals surface area contributed by atoms with E-state index in [9.17, 15) is 17.2 Å². The van der Waals surface area contributed by atoms with Gasteiger partial charge in [-0.05, 0) is 0 Å². The van der Waals surface area contributed by atoms with Crippen molar-refractivity contribution in [2.45, 2.75) is 0 Å². The van der Waals surface area contributed by atoms with E-state index in [0.717, 1.165) is 0 Å². The second kappa shape index (κ2) is 7.30. The van der Waals surface area contributed by atoms with Gasteiger partial charge in [0, 0.05) is 0 Å². The second-order valence-electron chi connectivity index (χ2n) is 4.15. The molecule has 2 aromatic carbocycles. The summed E-state index contributed by atoms with van der Waals surface area (Å²) in [6.45, 7) is 3.34. The SMILES string of the molecule is C=CCS(=O)(=O)OI(c1ccccc1F)c1ccccc1F. The minimum atomic E-state index is -3.94. The van der Waals surface area contributed by atoms with Gasteiger partial charge in [-0.1, -0.05) is 0 Å². The van der Waals surface area contributed by atoms with Crippen molar-refractivity contribution in [3.63, 3.8) is 0 Å². The fraction of sp³-hybridized carbons (Fsp3) is 0.0667. The normalized spacial score (nSPS) is 12.0. The van der Waals surface area contributed by atoms with E-state index >= 15 is 0 Å². The van der Waals surface area contributed by atoms with Crippen LogP contribution in [0.2, 0.25) is 0 Å². The van der Waals surface area contributed by atoms with E-state index in [1.54, 1.807) is 12.1 Å². The molecule has 0 fully saturated rings. The van der Waals surface area contributed by atoms with Crippen molar-refractivity contribution in [2.24, 2.45) is 0 Å². The third-order valence-corrected chi connectivity index (χ3v) is 10.0. The zero-order chi connectivity index (χ0) is 16.2. The Hall–Kier alpha value is -1.32. The molecule has 0 radical (unpaired) electrons. The van der Waals surface area contributed by atoms with Crippen LogP contribution in [0.15, 0.2) is 61.2 Å². The zero-order valence-electron chi connectivity index (χ0n) is 11.4. The molecule has 0 aliphatic heterocycles. The van der Waals surface area contributed by atoms with E-state index in [1.165, 1.54) is 42.5 Å². The molecule has 0 saturated heterocycles. The van der Waals surface area contributed by atoms with E-state index in [2.05, 4.69) is 6.58 Å². The molecule has 118 valence electrons. The first-order valence-corrected chi connectivity index (χ1v) is 10.8. The first kappa shape index (κ1) is 17.0. The zero-order valence-corrected chi connectivity index (χ0v) is 14.4. The Labute approximate surface area is 135 Å². The molecule has 7 heteroatoms. The van der Waals surface area contributed by atoms with Crippen LogP contribution in [0.25, 0.3) is 0 Å². The maximum atomic E-state index is 14.0. The van der Waals surface area contributed by atoms with Gasteiger partial charge in [-0.2, -0.15) is 0 Å². The average Bonchev–Trinajstić information content (AvgIpc) is 2.46. The monoisotopic (exact) mass is 438 g/mol. The maximum absolute atomic E-state index is 14.0. The summed E-state index contributed by atoms with van der Waals surface area (Å²) in [4.78, 5) is 0. The van der Waals surface area contributed by atoms with Crippen molar-refractivity contribution in [2.75, 3.05) is 5.75 Å². The van der Waals surface area contributed by atoms with Gasteiger partial charge in [0.15, 0.2) is 0 Å². The Balaban J connectivity index is 2.53. The minimum absolute atomic E-state index is 0.101. The van der Waals surface area contributed by atoms with Crippen LogP contribution >= 0.6 is 20.2 Å². The molecule has 0 atom stereocenters. The van der Waals surface area contributed by atoms with E-state index in [0.29, 0.717) is 0 Å². The van der Waals surface area contributed by atoms with Gasteiger partial charge in [0.25, 0.3) is 0 Å². The fourth-order valence-corrected chi connectivity index (χ4v) is 8.50. The first-order chi connectivity index (χ1) is 10.4. The molecule has 0 amide bonds. The van der Waals surface area contributed by atoms with Gasteiger partial charge >= 0.3 is 136 Å². The molecule has 0 aliphatic carbocycles. The van der Waals surface area contributed by atoms with Gasteiger partial charge in [0.1, 0.15) is 0 Å². The van der Waals surface area contributed by atoms with Crippen molar-refractivity contribution >= 4 is 30.4 Å². The number of hydrogen-bond acceptors (Lipinski definition) is 3. The average molecular weight is 438 g/mol. The van der Waals surface area contributed by atoms with Crippen LogP contribution in [-0.2, 0) is 12.6 Å². The van der Waals surface area contributed by atoms with Gasteiger partial charge in [0.05, 0.1) is 0 Å². The van der Waals surface area contributed by atoms with Crippen LogP contribution in [0.4, 0.5) is 8.78 Å². The second-order valence-corrected chi connectivity index (χ2v) is 10.6.